The highest BCUT2D eigenvalue weighted by atomic mass is 79.9. The number of carbonyl (C=O) groups excluding carboxylic acids is 2. The number of fused-ring (bicyclic) bond motifs is 1. The highest BCUT2D eigenvalue weighted by Gasteiger charge is 2.18. The molecule has 3 aromatic heterocycles. The summed E-state index contributed by atoms with van der Waals surface area (Å²) in [5.74, 6) is -0.0387. The van der Waals surface area contributed by atoms with E-state index < -0.39 is 18.5 Å². The van der Waals surface area contributed by atoms with Crippen molar-refractivity contribution in [1.82, 2.24) is 9.97 Å². The summed E-state index contributed by atoms with van der Waals surface area (Å²) in [6.07, 6.45) is 3.10. The van der Waals surface area contributed by atoms with Gasteiger partial charge in [-0.3, -0.25) is 4.79 Å². The summed E-state index contributed by atoms with van der Waals surface area (Å²) in [7, 11) is 0. The van der Waals surface area contributed by atoms with E-state index in [0.29, 0.717) is 39.6 Å². The Morgan fingerprint density at radius 3 is 2.12 bits per heavy atom. The number of anilines is 1. The number of hydrogen-bond acceptors (Lipinski definition) is 7. The summed E-state index contributed by atoms with van der Waals surface area (Å²) < 4.78 is 17.1. The van der Waals surface area contributed by atoms with Crippen LogP contribution in [0.3, 0.4) is 0 Å². The van der Waals surface area contributed by atoms with Crippen molar-refractivity contribution in [1.29, 1.82) is 0 Å². The SMILES string of the molecule is O=C(COC(=O)c1ccc2nc(-c3ccco3)c(-c3ccco3)nc2c1)Nc1ccc(Br)cc1. The maximum absolute atomic E-state index is 12.6. The molecule has 0 saturated carbocycles. The van der Waals surface area contributed by atoms with E-state index in [1.165, 1.54) is 0 Å². The van der Waals surface area contributed by atoms with Crippen molar-refractivity contribution in [3.05, 3.63) is 89.3 Å². The van der Waals surface area contributed by atoms with Gasteiger partial charge in [-0.25, -0.2) is 14.8 Å². The molecule has 9 heteroatoms. The van der Waals surface area contributed by atoms with Gasteiger partial charge in [0.2, 0.25) is 0 Å². The number of esters is 1. The number of nitrogens with zero attached hydrogens (tertiary/aromatic N) is 2. The molecule has 5 rings (SSSR count). The summed E-state index contributed by atoms with van der Waals surface area (Å²) in [4.78, 5) is 34.0. The Bertz CT molecular complexity index is 1460. The molecule has 34 heavy (non-hydrogen) atoms. The molecule has 0 bridgehead atoms. The quantitative estimate of drug-likeness (QED) is 0.287. The summed E-state index contributed by atoms with van der Waals surface area (Å²) >= 11 is 3.33. The summed E-state index contributed by atoms with van der Waals surface area (Å²) in [6.45, 7) is -0.423. The van der Waals surface area contributed by atoms with Gasteiger partial charge in [0.05, 0.1) is 29.1 Å². The second kappa shape index (κ2) is 9.32. The minimum absolute atomic E-state index is 0.245. The monoisotopic (exact) mass is 517 g/mol. The number of ether oxygens (including phenoxy) is 1. The minimum Gasteiger partial charge on any atom is -0.463 e. The Hall–Kier alpha value is -4.24. The number of nitrogens with one attached hydrogen (secondary N) is 1. The molecule has 5 aromatic rings. The molecule has 0 unspecified atom stereocenters. The number of carbonyl (C=O) groups is 2. The Morgan fingerprint density at radius 2 is 1.50 bits per heavy atom. The number of aromatic nitrogens is 2. The summed E-state index contributed by atoms with van der Waals surface area (Å²) in [5.41, 5.74) is 2.87. The second-order valence-electron chi connectivity index (χ2n) is 7.21. The molecule has 8 nitrogen and oxygen atoms in total. The Labute approximate surface area is 201 Å². The van der Waals surface area contributed by atoms with Crippen LogP contribution in [0.15, 0.2) is 92.6 Å². The van der Waals surface area contributed by atoms with Crippen LogP contribution >= 0.6 is 15.9 Å². The van der Waals surface area contributed by atoms with Crippen LogP contribution in [-0.4, -0.2) is 28.5 Å². The third-order valence-corrected chi connectivity index (χ3v) is 5.40. The molecule has 1 N–H and O–H groups in total. The summed E-state index contributed by atoms with van der Waals surface area (Å²) in [5, 5.41) is 2.67. The Kier molecular flexibility index (Phi) is 5.92. The lowest BCUT2D eigenvalue weighted by Gasteiger charge is -2.09. The van der Waals surface area contributed by atoms with Gasteiger partial charge in [-0.1, -0.05) is 15.9 Å². The fraction of sp³-hybridized carbons (Fsp3) is 0.0400. The van der Waals surface area contributed by atoms with Crippen LogP contribution in [0, 0.1) is 0 Å². The van der Waals surface area contributed by atoms with Gasteiger partial charge in [0, 0.05) is 10.2 Å². The molecule has 0 aliphatic heterocycles. The van der Waals surface area contributed by atoms with Crippen LogP contribution in [0.1, 0.15) is 10.4 Å². The van der Waals surface area contributed by atoms with Crippen LogP contribution in [0.5, 0.6) is 0 Å². The largest absolute Gasteiger partial charge is 0.463 e. The first-order valence-corrected chi connectivity index (χ1v) is 11.0. The van der Waals surface area contributed by atoms with Crippen LogP contribution in [0.4, 0.5) is 5.69 Å². The molecule has 0 atom stereocenters. The fourth-order valence-electron chi connectivity index (χ4n) is 3.30. The molecule has 0 spiro atoms. The zero-order valence-corrected chi connectivity index (χ0v) is 19.1. The lowest BCUT2D eigenvalue weighted by Crippen LogP contribution is -2.20. The second-order valence-corrected chi connectivity index (χ2v) is 8.13. The molecule has 3 heterocycles. The average molecular weight is 518 g/mol. The highest BCUT2D eigenvalue weighted by Crippen LogP contribution is 2.31. The fourth-order valence-corrected chi connectivity index (χ4v) is 3.56. The van der Waals surface area contributed by atoms with E-state index >= 15 is 0 Å². The first-order valence-electron chi connectivity index (χ1n) is 10.2. The molecule has 0 aliphatic rings. The number of rotatable bonds is 6. The van der Waals surface area contributed by atoms with E-state index in [1.807, 2.05) is 0 Å². The van der Waals surface area contributed by atoms with E-state index in [0.717, 1.165) is 4.47 Å². The predicted molar refractivity (Wildman–Crippen MR) is 128 cm³/mol. The van der Waals surface area contributed by atoms with Crippen LogP contribution < -0.4 is 5.32 Å². The van der Waals surface area contributed by atoms with Crippen molar-refractivity contribution >= 4 is 44.5 Å². The third kappa shape index (κ3) is 4.60. The van der Waals surface area contributed by atoms with Gasteiger partial charge in [-0.05, 0) is 66.7 Å². The zero-order chi connectivity index (χ0) is 23.5. The van der Waals surface area contributed by atoms with Crippen molar-refractivity contribution in [2.75, 3.05) is 11.9 Å². The van der Waals surface area contributed by atoms with Crippen LogP contribution in [0.25, 0.3) is 33.9 Å². The lowest BCUT2D eigenvalue weighted by molar-refractivity contribution is -0.119. The van der Waals surface area contributed by atoms with Crippen molar-refractivity contribution in [2.45, 2.75) is 0 Å². The standard InChI is InChI=1S/C25H16BrN3O5/c26-16-6-8-17(9-7-16)27-22(30)14-34-25(31)15-5-10-18-19(13-15)29-24(21-4-2-12-33-21)23(28-18)20-3-1-11-32-20/h1-13H,14H2,(H,27,30). The molecular weight excluding hydrogens is 502 g/mol. The van der Waals surface area contributed by atoms with Gasteiger partial charge in [-0.2, -0.15) is 0 Å². The highest BCUT2D eigenvalue weighted by molar-refractivity contribution is 9.10. The summed E-state index contributed by atoms with van der Waals surface area (Å²) in [6, 6.07) is 18.9. The first-order chi connectivity index (χ1) is 16.6. The average Bonchev–Trinajstić information content (AvgIpc) is 3.57. The van der Waals surface area contributed by atoms with E-state index in [-0.39, 0.29) is 5.56 Å². The molecular formula is C25H16BrN3O5. The van der Waals surface area contributed by atoms with Crippen LogP contribution in [-0.2, 0) is 9.53 Å². The number of halogens is 1. The normalized spacial score (nSPS) is 10.9. The third-order valence-electron chi connectivity index (χ3n) is 4.87. The van der Waals surface area contributed by atoms with Crippen molar-refractivity contribution in [2.24, 2.45) is 0 Å². The minimum atomic E-state index is -0.649. The smallest absolute Gasteiger partial charge is 0.338 e. The van der Waals surface area contributed by atoms with Gasteiger partial charge in [0.1, 0.15) is 11.4 Å². The lowest BCUT2D eigenvalue weighted by atomic mass is 10.1. The molecule has 0 radical (unpaired) electrons. The number of amides is 1. The van der Waals surface area contributed by atoms with E-state index in [4.69, 9.17) is 13.6 Å². The molecule has 1 amide bonds. The van der Waals surface area contributed by atoms with Gasteiger partial charge in [-0.15, -0.1) is 0 Å². The molecule has 0 aliphatic carbocycles. The van der Waals surface area contributed by atoms with Gasteiger partial charge in [0.15, 0.2) is 18.1 Å². The van der Waals surface area contributed by atoms with E-state index in [1.54, 1.807) is 79.3 Å². The van der Waals surface area contributed by atoms with Crippen molar-refractivity contribution in [3.63, 3.8) is 0 Å². The number of furan rings is 2. The molecule has 2 aromatic carbocycles. The van der Waals surface area contributed by atoms with Gasteiger partial charge >= 0.3 is 5.97 Å². The topological polar surface area (TPSA) is 107 Å². The van der Waals surface area contributed by atoms with Crippen molar-refractivity contribution < 1.29 is 23.2 Å². The molecule has 0 saturated heterocycles. The van der Waals surface area contributed by atoms with Gasteiger partial charge in [0.25, 0.3) is 5.91 Å². The van der Waals surface area contributed by atoms with Crippen molar-refractivity contribution in [3.8, 4) is 22.9 Å². The van der Waals surface area contributed by atoms with Gasteiger partial charge < -0.3 is 18.9 Å². The zero-order valence-electron chi connectivity index (χ0n) is 17.5. The van der Waals surface area contributed by atoms with E-state index in [9.17, 15) is 9.59 Å². The maximum Gasteiger partial charge on any atom is 0.338 e. The van der Waals surface area contributed by atoms with Crippen LogP contribution in [0.2, 0.25) is 0 Å². The first kappa shape index (κ1) is 21.6. The molecule has 0 fully saturated rings. The van der Waals surface area contributed by atoms with E-state index in [2.05, 4.69) is 31.2 Å². The predicted octanol–water partition coefficient (Wildman–Crippen LogP) is 5.71. The Morgan fingerprint density at radius 1 is 0.853 bits per heavy atom. The number of benzene rings is 2. The molecule has 168 valence electrons. The Balaban J connectivity index is 1.37. The maximum atomic E-state index is 12.6. The number of hydrogen-bond donors (Lipinski definition) is 1.